The summed E-state index contributed by atoms with van der Waals surface area (Å²) < 4.78 is 5.40. The highest BCUT2D eigenvalue weighted by atomic mass is 35.5. The zero-order valence-electron chi connectivity index (χ0n) is 11.0. The number of hydrogen-bond donors (Lipinski definition) is 1. The van der Waals surface area contributed by atoms with Gasteiger partial charge in [-0.25, -0.2) is 0 Å². The molecule has 1 aromatic carbocycles. The number of nitrogens with zero attached hydrogens (tertiary/aromatic N) is 2. The third-order valence-electron chi connectivity index (χ3n) is 2.70. The van der Waals surface area contributed by atoms with Crippen LogP contribution in [0.1, 0.15) is 4.88 Å². The quantitative estimate of drug-likeness (QED) is 0.759. The number of rotatable bonds is 4. The third-order valence-corrected chi connectivity index (χ3v) is 4.01. The van der Waals surface area contributed by atoms with Crippen LogP contribution < -0.4 is 5.32 Å². The second-order valence-corrected chi connectivity index (χ2v) is 6.28. The molecule has 5 nitrogen and oxygen atoms in total. The first-order valence-corrected chi connectivity index (χ1v) is 7.86. The molecule has 2 aromatic heterocycles. The summed E-state index contributed by atoms with van der Waals surface area (Å²) in [4.78, 5) is 12.8. The number of hydrogen-bond acceptors (Lipinski definition) is 5. The van der Waals surface area contributed by atoms with Gasteiger partial charge in [-0.2, -0.15) is 0 Å². The predicted octanol–water partition coefficient (Wildman–Crippen LogP) is 4.29. The normalized spacial score (nSPS) is 10.6. The predicted molar refractivity (Wildman–Crippen MR) is 86.4 cm³/mol. The van der Waals surface area contributed by atoms with Crippen LogP contribution >= 0.6 is 34.5 Å². The zero-order valence-corrected chi connectivity index (χ0v) is 13.4. The van der Waals surface area contributed by atoms with Crippen molar-refractivity contribution >= 4 is 46.5 Å². The van der Waals surface area contributed by atoms with Gasteiger partial charge in [0.25, 0.3) is 0 Å². The van der Waals surface area contributed by atoms with Crippen LogP contribution in [0.5, 0.6) is 0 Å². The van der Waals surface area contributed by atoms with E-state index in [0.29, 0.717) is 15.6 Å². The molecule has 2 heterocycles. The Kier molecular flexibility index (Phi) is 4.42. The van der Waals surface area contributed by atoms with Gasteiger partial charge in [-0.1, -0.05) is 34.4 Å². The molecule has 112 valence electrons. The number of anilines is 1. The molecule has 0 atom stereocenters. The zero-order chi connectivity index (χ0) is 15.5. The number of benzene rings is 1. The molecule has 22 heavy (non-hydrogen) atoms. The Bertz CT molecular complexity index is 782. The minimum Gasteiger partial charge on any atom is -0.403 e. The summed E-state index contributed by atoms with van der Waals surface area (Å²) >= 11 is 13.4. The fraction of sp³-hybridized carbons (Fsp3) is 0.0714. The third kappa shape index (κ3) is 3.65. The lowest BCUT2D eigenvalue weighted by molar-refractivity contribution is -0.115. The van der Waals surface area contributed by atoms with Crippen LogP contribution in [0.15, 0.2) is 40.1 Å². The molecule has 0 bridgehead atoms. The first kappa shape index (κ1) is 15.0. The van der Waals surface area contributed by atoms with Gasteiger partial charge in [0.15, 0.2) is 0 Å². The van der Waals surface area contributed by atoms with Gasteiger partial charge >= 0.3 is 6.01 Å². The fourth-order valence-electron chi connectivity index (χ4n) is 1.80. The van der Waals surface area contributed by atoms with Crippen molar-refractivity contribution in [3.8, 4) is 11.5 Å². The lowest BCUT2D eigenvalue weighted by atomic mass is 10.2. The van der Waals surface area contributed by atoms with Crippen LogP contribution in [0.3, 0.4) is 0 Å². The van der Waals surface area contributed by atoms with Crippen LogP contribution in [-0.2, 0) is 11.2 Å². The van der Waals surface area contributed by atoms with Gasteiger partial charge in [0, 0.05) is 20.5 Å². The standard InChI is InChI=1S/C14H9Cl2N3O2S/c15-9-4-8(5-10(16)6-9)13-18-19-14(21-13)17-12(20)7-11-2-1-3-22-11/h1-6H,7H2,(H,17,19,20). The van der Waals surface area contributed by atoms with Gasteiger partial charge in [-0.05, 0) is 29.6 Å². The van der Waals surface area contributed by atoms with E-state index in [1.165, 1.54) is 11.3 Å². The number of nitrogens with one attached hydrogen (secondary N) is 1. The van der Waals surface area contributed by atoms with E-state index in [9.17, 15) is 4.79 Å². The monoisotopic (exact) mass is 353 g/mol. The van der Waals surface area contributed by atoms with E-state index in [2.05, 4.69) is 15.5 Å². The largest absolute Gasteiger partial charge is 0.403 e. The molecular weight excluding hydrogens is 345 g/mol. The lowest BCUT2D eigenvalue weighted by Gasteiger charge is -1.99. The molecule has 3 aromatic rings. The molecule has 0 aliphatic heterocycles. The Labute approximate surface area is 139 Å². The molecule has 0 aliphatic rings. The minimum absolute atomic E-state index is 0.0349. The number of thiophene rings is 1. The van der Waals surface area contributed by atoms with Crippen molar-refractivity contribution in [2.75, 3.05) is 5.32 Å². The highest BCUT2D eigenvalue weighted by Crippen LogP contribution is 2.27. The second kappa shape index (κ2) is 6.48. The van der Waals surface area contributed by atoms with Crippen molar-refractivity contribution in [3.63, 3.8) is 0 Å². The Balaban J connectivity index is 1.72. The smallest absolute Gasteiger partial charge is 0.322 e. The van der Waals surface area contributed by atoms with E-state index in [0.717, 1.165) is 4.88 Å². The summed E-state index contributed by atoms with van der Waals surface area (Å²) in [5.41, 5.74) is 0.587. The molecule has 0 radical (unpaired) electrons. The van der Waals surface area contributed by atoms with Gasteiger partial charge in [-0.3, -0.25) is 10.1 Å². The van der Waals surface area contributed by atoms with Crippen LogP contribution in [-0.4, -0.2) is 16.1 Å². The van der Waals surface area contributed by atoms with E-state index in [1.807, 2.05) is 17.5 Å². The number of aromatic nitrogens is 2. The summed E-state index contributed by atoms with van der Waals surface area (Å²) in [5.74, 6) is 0.0117. The van der Waals surface area contributed by atoms with Gasteiger partial charge in [0.05, 0.1) is 6.42 Å². The average Bonchev–Trinajstić information content (AvgIpc) is 3.09. The molecule has 0 spiro atoms. The molecule has 0 saturated heterocycles. The highest BCUT2D eigenvalue weighted by Gasteiger charge is 2.13. The molecule has 0 aliphatic carbocycles. The molecular formula is C14H9Cl2N3O2S. The van der Waals surface area contributed by atoms with Crippen molar-refractivity contribution in [2.45, 2.75) is 6.42 Å². The van der Waals surface area contributed by atoms with E-state index in [-0.39, 0.29) is 24.2 Å². The topological polar surface area (TPSA) is 68.0 Å². The molecule has 0 fully saturated rings. The van der Waals surface area contributed by atoms with Gasteiger partial charge < -0.3 is 4.42 Å². The first-order valence-electron chi connectivity index (χ1n) is 6.22. The number of amides is 1. The summed E-state index contributed by atoms with van der Waals surface area (Å²) in [7, 11) is 0. The van der Waals surface area contributed by atoms with Crippen LogP contribution in [0.25, 0.3) is 11.5 Å². The Hall–Kier alpha value is -1.89. The van der Waals surface area contributed by atoms with Crippen LogP contribution in [0.4, 0.5) is 6.01 Å². The number of carbonyl (C=O) groups is 1. The maximum Gasteiger partial charge on any atom is 0.322 e. The molecule has 1 amide bonds. The van der Waals surface area contributed by atoms with Crippen LogP contribution in [0, 0.1) is 0 Å². The van der Waals surface area contributed by atoms with Crippen molar-refractivity contribution in [1.29, 1.82) is 0 Å². The molecule has 1 N–H and O–H groups in total. The molecule has 0 unspecified atom stereocenters. The Morgan fingerprint density at radius 3 is 2.68 bits per heavy atom. The van der Waals surface area contributed by atoms with Crippen molar-refractivity contribution in [3.05, 3.63) is 50.6 Å². The van der Waals surface area contributed by atoms with E-state index in [1.54, 1.807) is 18.2 Å². The van der Waals surface area contributed by atoms with Gasteiger partial charge in [0.1, 0.15) is 0 Å². The SMILES string of the molecule is O=C(Cc1cccs1)Nc1nnc(-c2cc(Cl)cc(Cl)c2)o1. The maximum atomic E-state index is 11.9. The summed E-state index contributed by atoms with van der Waals surface area (Å²) in [6, 6.07) is 8.72. The van der Waals surface area contributed by atoms with Crippen molar-refractivity contribution < 1.29 is 9.21 Å². The average molecular weight is 354 g/mol. The van der Waals surface area contributed by atoms with E-state index >= 15 is 0 Å². The van der Waals surface area contributed by atoms with Gasteiger partial charge in [0.2, 0.25) is 11.8 Å². The molecule has 0 saturated carbocycles. The summed E-state index contributed by atoms with van der Waals surface area (Å²) in [6.45, 7) is 0. The Morgan fingerprint density at radius 2 is 2.00 bits per heavy atom. The Morgan fingerprint density at radius 1 is 1.23 bits per heavy atom. The highest BCUT2D eigenvalue weighted by molar-refractivity contribution is 7.10. The number of halogens is 2. The first-order chi connectivity index (χ1) is 10.6. The maximum absolute atomic E-state index is 11.9. The summed E-state index contributed by atoms with van der Waals surface area (Å²) in [6.07, 6.45) is 0.262. The van der Waals surface area contributed by atoms with E-state index < -0.39 is 0 Å². The van der Waals surface area contributed by atoms with Crippen molar-refractivity contribution in [2.24, 2.45) is 0 Å². The van der Waals surface area contributed by atoms with E-state index in [4.69, 9.17) is 27.6 Å². The number of carbonyl (C=O) groups excluding carboxylic acids is 1. The fourth-order valence-corrected chi connectivity index (χ4v) is 3.03. The second-order valence-electron chi connectivity index (χ2n) is 4.37. The molecule has 8 heteroatoms. The molecule has 3 rings (SSSR count). The summed E-state index contributed by atoms with van der Waals surface area (Å²) in [5, 5.41) is 13.1. The van der Waals surface area contributed by atoms with Crippen LogP contribution in [0.2, 0.25) is 10.0 Å². The van der Waals surface area contributed by atoms with Gasteiger partial charge in [-0.15, -0.1) is 16.4 Å². The lowest BCUT2D eigenvalue weighted by Crippen LogP contribution is -2.13. The van der Waals surface area contributed by atoms with Crippen molar-refractivity contribution in [1.82, 2.24) is 10.2 Å². The minimum atomic E-state index is -0.221.